The molecule has 2 aromatic carbocycles. The van der Waals surface area contributed by atoms with Crippen LogP contribution in [0, 0.1) is 12.8 Å². The number of ether oxygens (including phenoxy) is 1. The summed E-state index contributed by atoms with van der Waals surface area (Å²) in [6.45, 7) is 2.17. The van der Waals surface area contributed by atoms with Crippen molar-refractivity contribution in [3.05, 3.63) is 48.0 Å². The number of aryl methyl sites for hydroxylation is 1. The number of nitrogens with two attached hydrogens (primary N) is 1. The van der Waals surface area contributed by atoms with Gasteiger partial charge in [0, 0.05) is 18.8 Å². The molecule has 1 atom stereocenters. The highest BCUT2D eigenvalue weighted by Crippen LogP contribution is 2.28. The first-order chi connectivity index (χ1) is 14.5. The Morgan fingerprint density at radius 3 is 2.32 bits per heavy atom. The van der Waals surface area contributed by atoms with Gasteiger partial charge in [0.25, 0.3) is 0 Å². The number of benzene rings is 2. The summed E-state index contributed by atoms with van der Waals surface area (Å²) in [6.07, 6.45) is 1.10. The number of sulfonamides is 2. The van der Waals surface area contributed by atoms with Gasteiger partial charge in [-0.3, -0.25) is 4.79 Å². The second-order valence-electron chi connectivity index (χ2n) is 7.39. The highest BCUT2D eigenvalue weighted by molar-refractivity contribution is 7.89. The molecule has 0 radical (unpaired) electrons. The van der Waals surface area contributed by atoms with Crippen molar-refractivity contribution in [2.24, 2.45) is 11.1 Å². The molecule has 11 heteroatoms. The number of amides is 1. The molecule has 31 heavy (non-hydrogen) atoms. The van der Waals surface area contributed by atoms with Gasteiger partial charge in [-0.05, 0) is 67.8 Å². The van der Waals surface area contributed by atoms with Crippen molar-refractivity contribution in [1.29, 1.82) is 0 Å². The Kier molecular flexibility index (Phi) is 6.70. The monoisotopic (exact) mass is 467 g/mol. The molecule has 0 spiro atoms. The lowest BCUT2D eigenvalue weighted by Crippen LogP contribution is -2.43. The van der Waals surface area contributed by atoms with Crippen LogP contribution in [-0.2, 0) is 24.8 Å². The number of nitrogens with one attached hydrogen (secondary N) is 1. The number of hydrogen-bond donors (Lipinski definition) is 2. The molecule has 0 aromatic heterocycles. The third kappa shape index (κ3) is 5.24. The van der Waals surface area contributed by atoms with Crippen molar-refractivity contribution >= 4 is 31.6 Å². The molecule has 1 fully saturated rings. The van der Waals surface area contributed by atoms with Crippen molar-refractivity contribution in [1.82, 2.24) is 4.31 Å². The molecule has 0 saturated carbocycles. The van der Waals surface area contributed by atoms with Crippen LogP contribution in [0.2, 0.25) is 0 Å². The van der Waals surface area contributed by atoms with Crippen LogP contribution >= 0.6 is 0 Å². The summed E-state index contributed by atoms with van der Waals surface area (Å²) in [4.78, 5) is 12.8. The second-order valence-corrected chi connectivity index (χ2v) is 10.9. The lowest BCUT2D eigenvalue weighted by Gasteiger charge is -2.31. The minimum Gasteiger partial charge on any atom is -0.496 e. The number of carbonyl (C=O) groups is 1. The molecule has 9 nitrogen and oxygen atoms in total. The molecule has 0 aliphatic carbocycles. The maximum Gasteiger partial charge on any atom is 0.243 e. The number of piperidine rings is 1. The molecule has 3 rings (SSSR count). The zero-order valence-corrected chi connectivity index (χ0v) is 18.9. The molecule has 1 heterocycles. The highest BCUT2D eigenvalue weighted by Gasteiger charge is 2.33. The molecular weight excluding hydrogens is 442 g/mol. The number of rotatable bonds is 6. The molecule has 168 valence electrons. The summed E-state index contributed by atoms with van der Waals surface area (Å²) in [5.74, 6) is -0.252. The topological polar surface area (TPSA) is 136 Å². The van der Waals surface area contributed by atoms with Gasteiger partial charge in [0.1, 0.15) is 5.75 Å². The summed E-state index contributed by atoms with van der Waals surface area (Å²) in [5.41, 5.74) is 1.11. The first kappa shape index (κ1) is 23.2. The molecule has 1 aliphatic rings. The van der Waals surface area contributed by atoms with Gasteiger partial charge in [0.2, 0.25) is 26.0 Å². The number of primary sulfonamides is 1. The molecule has 1 saturated heterocycles. The van der Waals surface area contributed by atoms with Crippen LogP contribution in [0.5, 0.6) is 5.75 Å². The standard InChI is InChI=1S/C20H25N3O6S2/c1-14-12-18(9-10-19(14)29-2)31(27,28)23-11-3-4-15(13-23)20(24)22-16-5-7-17(8-6-16)30(21,25)26/h5-10,12,15H,3-4,11,13H2,1-2H3,(H,22,24)(H2,21,25,26)/t15-/m1/s1. The predicted molar refractivity (Wildman–Crippen MR) is 116 cm³/mol. The zero-order valence-electron chi connectivity index (χ0n) is 17.2. The van der Waals surface area contributed by atoms with E-state index in [0.717, 1.165) is 0 Å². The Bertz CT molecular complexity index is 1180. The molecule has 0 unspecified atom stereocenters. The summed E-state index contributed by atoms with van der Waals surface area (Å²) < 4.78 is 55.4. The van der Waals surface area contributed by atoms with E-state index in [2.05, 4.69) is 5.32 Å². The van der Waals surface area contributed by atoms with Gasteiger partial charge in [-0.15, -0.1) is 0 Å². The van der Waals surface area contributed by atoms with Crippen LogP contribution in [0.25, 0.3) is 0 Å². The maximum atomic E-state index is 13.1. The Hall–Kier alpha value is -2.47. The van der Waals surface area contributed by atoms with Gasteiger partial charge >= 0.3 is 0 Å². The lowest BCUT2D eigenvalue weighted by molar-refractivity contribution is -0.120. The SMILES string of the molecule is COc1ccc(S(=O)(=O)N2CCC[C@@H](C(=O)Nc3ccc(S(N)(=O)=O)cc3)C2)cc1C. The minimum absolute atomic E-state index is 0.0600. The highest BCUT2D eigenvalue weighted by atomic mass is 32.2. The van der Waals surface area contributed by atoms with E-state index in [1.807, 2.05) is 0 Å². The van der Waals surface area contributed by atoms with Gasteiger partial charge in [-0.25, -0.2) is 22.0 Å². The molecule has 2 aromatic rings. The fourth-order valence-corrected chi connectivity index (χ4v) is 5.63. The normalized spacial score (nSPS) is 17.8. The molecule has 1 aliphatic heterocycles. The quantitative estimate of drug-likeness (QED) is 0.664. The minimum atomic E-state index is -3.82. The van der Waals surface area contributed by atoms with E-state index in [1.54, 1.807) is 19.1 Å². The van der Waals surface area contributed by atoms with E-state index in [9.17, 15) is 21.6 Å². The largest absolute Gasteiger partial charge is 0.496 e. The Morgan fingerprint density at radius 2 is 1.74 bits per heavy atom. The molecule has 0 bridgehead atoms. The lowest BCUT2D eigenvalue weighted by atomic mass is 9.99. The third-order valence-corrected chi connectivity index (χ3v) is 8.00. The van der Waals surface area contributed by atoms with Gasteiger partial charge in [0.05, 0.1) is 22.8 Å². The van der Waals surface area contributed by atoms with Gasteiger partial charge in [-0.2, -0.15) is 4.31 Å². The van der Waals surface area contributed by atoms with E-state index < -0.39 is 26.0 Å². The van der Waals surface area contributed by atoms with Crippen molar-refractivity contribution in [3.8, 4) is 5.75 Å². The van der Waals surface area contributed by atoms with Gasteiger partial charge < -0.3 is 10.1 Å². The van der Waals surface area contributed by atoms with Crippen molar-refractivity contribution in [2.75, 3.05) is 25.5 Å². The summed E-state index contributed by atoms with van der Waals surface area (Å²) >= 11 is 0. The molecule has 1 amide bonds. The van der Waals surface area contributed by atoms with Crippen molar-refractivity contribution in [3.63, 3.8) is 0 Å². The van der Waals surface area contributed by atoms with Crippen molar-refractivity contribution in [2.45, 2.75) is 29.6 Å². The summed E-state index contributed by atoms with van der Waals surface area (Å²) in [6, 6.07) is 10.2. The first-order valence-corrected chi connectivity index (χ1v) is 12.6. The predicted octanol–water partition coefficient (Wildman–Crippen LogP) is 1.69. The number of carbonyl (C=O) groups excluding carboxylic acids is 1. The van der Waals surface area contributed by atoms with E-state index >= 15 is 0 Å². The zero-order chi connectivity index (χ0) is 22.8. The summed E-state index contributed by atoms with van der Waals surface area (Å²) in [7, 11) is -6.05. The van der Waals surface area contributed by atoms with Crippen molar-refractivity contribution < 1.29 is 26.4 Å². The van der Waals surface area contributed by atoms with Gasteiger partial charge in [-0.1, -0.05) is 0 Å². The molecular formula is C20H25N3O6S2. The smallest absolute Gasteiger partial charge is 0.243 e. The number of methoxy groups -OCH3 is 1. The Morgan fingerprint density at radius 1 is 1.10 bits per heavy atom. The number of nitrogens with zero attached hydrogens (tertiary/aromatic N) is 1. The number of anilines is 1. The molecule has 3 N–H and O–H groups in total. The van der Waals surface area contributed by atoms with Gasteiger partial charge in [0.15, 0.2) is 0 Å². The van der Waals surface area contributed by atoms with Crippen LogP contribution in [0.1, 0.15) is 18.4 Å². The van der Waals surface area contributed by atoms with E-state index in [4.69, 9.17) is 9.88 Å². The van der Waals surface area contributed by atoms with Crippen LogP contribution in [0.3, 0.4) is 0 Å². The van der Waals surface area contributed by atoms with E-state index in [-0.39, 0.29) is 22.2 Å². The average Bonchev–Trinajstić information content (AvgIpc) is 2.73. The Labute approximate surface area is 182 Å². The number of hydrogen-bond acceptors (Lipinski definition) is 6. The second kappa shape index (κ2) is 8.95. The Balaban J connectivity index is 1.72. The first-order valence-electron chi connectivity index (χ1n) is 9.61. The summed E-state index contributed by atoms with van der Waals surface area (Å²) in [5, 5.41) is 7.78. The van der Waals surface area contributed by atoms with Crippen LogP contribution in [0.4, 0.5) is 5.69 Å². The van der Waals surface area contributed by atoms with Crippen LogP contribution in [-0.4, -0.2) is 47.2 Å². The fraction of sp³-hybridized carbons (Fsp3) is 0.350. The average molecular weight is 468 g/mol. The maximum absolute atomic E-state index is 13.1. The third-order valence-electron chi connectivity index (χ3n) is 5.21. The van der Waals surface area contributed by atoms with E-state index in [0.29, 0.717) is 36.4 Å². The van der Waals surface area contributed by atoms with E-state index in [1.165, 1.54) is 41.7 Å². The van der Waals surface area contributed by atoms with Crippen LogP contribution in [0.15, 0.2) is 52.3 Å². The fourth-order valence-electron chi connectivity index (χ4n) is 3.51. The van der Waals surface area contributed by atoms with Crippen LogP contribution < -0.4 is 15.2 Å².